The predicted molar refractivity (Wildman–Crippen MR) is 134 cm³/mol. The van der Waals surface area contributed by atoms with E-state index in [0.717, 1.165) is 16.9 Å². The van der Waals surface area contributed by atoms with Gasteiger partial charge in [0.05, 0.1) is 19.4 Å². The average molecular weight is 473 g/mol. The summed E-state index contributed by atoms with van der Waals surface area (Å²) in [5.41, 5.74) is 8.42. The molecule has 35 heavy (non-hydrogen) atoms. The van der Waals surface area contributed by atoms with E-state index < -0.39 is 6.04 Å². The Hall–Kier alpha value is -4.33. The number of hydrogen-bond acceptors (Lipinski definition) is 5. The fourth-order valence-corrected chi connectivity index (χ4v) is 4.08. The molecule has 3 aromatic carbocycles. The Morgan fingerprint density at radius 1 is 0.914 bits per heavy atom. The lowest BCUT2D eigenvalue weighted by Gasteiger charge is -2.22. The highest BCUT2D eigenvalue weighted by atomic mass is 16.5. The number of carbonyl (C=O) groups is 2. The van der Waals surface area contributed by atoms with Crippen molar-refractivity contribution in [2.24, 2.45) is 5.73 Å². The van der Waals surface area contributed by atoms with Crippen molar-refractivity contribution in [3.8, 4) is 11.5 Å². The molecule has 1 aliphatic heterocycles. The minimum atomic E-state index is -0.681. The first kappa shape index (κ1) is 23.8. The van der Waals surface area contributed by atoms with Crippen LogP contribution in [0.1, 0.15) is 23.6 Å². The first-order valence-electron chi connectivity index (χ1n) is 11.3. The van der Waals surface area contributed by atoms with Crippen molar-refractivity contribution < 1.29 is 19.1 Å². The Labute approximate surface area is 204 Å². The molecule has 0 bridgehead atoms. The molecule has 0 aromatic heterocycles. The van der Waals surface area contributed by atoms with Crippen LogP contribution in [0.15, 0.2) is 72.8 Å². The van der Waals surface area contributed by atoms with Gasteiger partial charge in [0.15, 0.2) is 0 Å². The number of carbonyl (C=O) groups excluding carboxylic acids is 2. The number of ether oxygens (including phenoxy) is 2. The summed E-state index contributed by atoms with van der Waals surface area (Å²) >= 11 is 0. The normalized spacial score (nSPS) is 15.4. The molecule has 1 heterocycles. The van der Waals surface area contributed by atoms with Crippen LogP contribution in [-0.2, 0) is 17.8 Å². The quantitative estimate of drug-likeness (QED) is 0.278. The number of nitrogens with two attached hydrogens (primary N) is 1. The molecule has 1 aliphatic rings. The molecule has 1 atom stereocenters. The number of imide groups is 1. The van der Waals surface area contributed by atoms with Crippen molar-refractivity contribution in [1.29, 1.82) is 5.41 Å². The first-order valence-corrected chi connectivity index (χ1v) is 11.3. The van der Waals surface area contributed by atoms with E-state index in [1.54, 1.807) is 48.4 Å². The van der Waals surface area contributed by atoms with Crippen molar-refractivity contribution in [2.75, 3.05) is 18.6 Å². The zero-order valence-corrected chi connectivity index (χ0v) is 19.7. The van der Waals surface area contributed by atoms with Gasteiger partial charge in [0.1, 0.15) is 23.4 Å². The minimum Gasteiger partial charge on any atom is -0.497 e. The van der Waals surface area contributed by atoms with Crippen LogP contribution in [0.3, 0.4) is 0 Å². The molecule has 1 saturated heterocycles. The number of benzene rings is 3. The Kier molecular flexibility index (Phi) is 7.01. The predicted octanol–water partition coefficient (Wildman–Crippen LogP) is 3.96. The van der Waals surface area contributed by atoms with Gasteiger partial charge in [-0.1, -0.05) is 36.4 Å². The number of nitrogen functional groups attached to an aromatic ring is 1. The molecule has 4 rings (SSSR count). The van der Waals surface area contributed by atoms with Gasteiger partial charge in [-0.3, -0.25) is 10.2 Å². The van der Waals surface area contributed by atoms with Crippen LogP contribution in [0.25, 0.3) is 0 Å². The van der Waals surface area contributed by atoms with Gasteiger partial charge in [-0.05, 0) is 54.4 Å². The van der Waals surface area contributed by atoms with E-state index in [9.17, 15) is 9.59 Å². The van der Waals surface area contributed by atoms with Crippen LogP contribution in [0, 0.1) is 5.41 Å². The fraction of sp³-hybridized carbons (Fsp3) is 0.222. The Morgan fingerprint density at radius 3 is 2.09 bits per heavy atom. The summed E-state index contributed by atoms with van der Waals surface area (Å²) in [5.74, 6) is 1.08. The second-order valence-corrected chi connectivity index (χ2v) is 8.19. The molecule has 1 fully saturated rings. The molecule has 0 unspecified atom stereocenters. The molecule has 0 aliphatic carbocycles. The van der Waals surface area contributed by atoms with Crippen molar-refractivity contribution in [3.63, 3.8) is 0 Å². The van der Waals surface area contributed by atoms with Crippen LogP contribution >= 0.6 is 0 Å². The van der Waals surface area contributed by atoms with Crippen molar-refractivity contribution >= 4 is 23.5 Å². The SMILES string of the molecule is CCOc1ccc(N2C(=O)[C@H](Cc3ccc(C(=N)N)cc3)N(Cc3ccc(OC)cc3)C2=O)cc1. The van der Waals surface area contributed by atoms with Gasteiger partial charge >= 0.3 is 6.03 Å². The second kappa shape index (κ2) is 10.3. The summed E-state index contributed by atoms with van der Waals surface area (Å²) in [6, 6.07) is 20.5. The molecule has 3 N–H and O–H groups in total. The molecular weight excluding hydrogens is 444 g/mol. The second-order valence-electron chi connectivity index (χ2n) is 8.19. The lowest BCUT2D eigenvalue weighted by molar-refractivity contribution is -0.119. The van der Waals surface area contributed by atoms with E-state index in [-0.39, 0.29) is 24.3 Å². The minimum absolute atomic E-state index is 0.0218. The topological polar surface area (TPSA) is 109 Å². The van der Waals surface area contributed by atoms with E-state index in [2.05, 4.69) is 0 Å². The van der Waals surface area contributed by atoms with E-state index in [0.29, 0.717) is 30.0 Å². The molecule has 3 aromatic rings. The summed E-state index contributed by atoms with van der Waals surface area (Å²) in [5, 5.41) is 7.58. The summed E-state index contributed by atoms with van der Waals surface area (Å²) in [6.45, 7) is 2.70. The van der Waals surface area contributed by atoms with Crippen molar-refractivity contribution in [2.45, 2.75) is 25.9 Å². The van der Waals surface area contributed by atoms with Gasteiger partial charge in [0.2, 0.25) is 0 Å². The molecule has 0 saturated carbocycles. The fourth-order valence-electron chi connectivity index (χ4n) is 4.08. The smallest absolute Gasteiger partial charge is 0.332 e. The summed E-state index contributed by atoms with van der Waals surface area (Å²) in [4.78, 5) is 29.9. The maximum atomic E-state index is 13.6. The van der Waals surface area contributed by atoms with E-state index in [4.69, 9.17) is 20.6 Å². The van der Waals surface area contributed by atoms with E-state index >= 15 is 0 Å². The van der Waals surface area contributed by atoms with Crippen molar-refractivity contribution in [1.82, 2.24) is 4.90 Å². The summed E-state index contributed by atoms with van der Waals surface area (Å²) in [7, 11) is 1.60. The van der Waals surface area contributed by atoms with Gasteiger partial charge in [-0.15, -0.1) is 0 Å². The van der Waals surface area contributed by atoms with Crippen molar-refractivity contribution in [3.05, 3.63) is 89.5 Å². The zero-order valence-electron chi connectivity index (χ0n) is 19.7. The molecule has 8 heteroatoms. The maximum Gasteiger partial charge on any atom is 0.332 e. The van der Waals surface area contributed by atoms with Crippen LogP contribution in [0.2, 0.25) is 0 Å². The molecule has 0 spiro atoms. The highest BCUT2D eigenvalue weighted by molar-refractivity contribution is 6.21. The largest absolute Gasteiger partial charge is 0.497 e. The van der Waals surface area contributed by atoms with Gasteiger partial charge in [0.25, 0.3) is 5.91 Å². The molecule has 8 nitrogen and oxygen atoms in total. The van der Waals surface area contributed by atoms with E-state index in [1.807, 2.05) is 43.3 Å². The monoisotopic (exact) mass is 472 g/mol. The van der Waals surface area contributed by atoms with Crippen LogP contribution < -0.4 is 20.1 Å². The average Bonchev–Trinajstić information content (AvgIpc) is 3.09. The lowest BCUT2D eigenvalue weighted by Crippen LogP contribution is -2.36. The lowest BCUT2D eigenvalue weighted by atomic mass is 10.0. The van der Waals surface area contributed by atoms with Gasteiger partial charge in [-0.2, -0.15) is 0 Å². The zero-order chi connectivity index (χ0) is 24.9. The number of urea groups is 1. The Morgan fingerprint density at radius 2 is 1.51 bits per heavy atom. The highest BCUT2D eigenvalue weighted by Crippen LogP contribution is 2.30. The Balaban J connectivity index is 1.64. The number of nitrogens with zero attached hydrogens (tertiary/aromatic N) is 2. The first-order chi connectivity index (χ1) is 16.9. The summed E-state index contributed by atoms with van der Waals surface area (Å²) in [6.07, 6.45) is 0.340. The third-order valence-corrected chi connectivity index (χ3v) is 5.93. The molecule has 180 valence electrons. The standard InChI is InChI=1S/C27H28N4O4/c1-3-35-23-14-10-21(11-15-23)31-26(32)24(16-18-4-8-20(9-5-18)25(28)29)30(27(31)33)17-19-6-12-22(34-2)13-7-19/h4-15,24H,3,16-17H2,1-2H3,(H3,28,29)/t24-/m0/s1. The van der Waals surface area contributed by atoms with Crippen LogP contribution in [0.5, 0.6) is 11.5 Å². The number of hydrogen-bond donors (Lipinski definition) is 2. The molecule has 0 radical (unpaired) electrons. The van der Waals surface area contributed by atoms with Gasteiger partial charge in [-0.25, -0.2) is 9.69 Å². The number of anilines is 1. The number of amides is 3. The highest BCUT2D eigenvalue weighted by Gasteiger charge is 2.45. The summed E-state index contributed by atoms with van der Waals surface area (Å²) < 4.78 is 10.7. The number of methoxy groups -OCH3 is 1. The van der Waals surface area contributed by atoms with E-state index in [1.165, 1.54) is 4.90 Å². The maximum absolute atomic E-state index is 13.6. The van der Waals surface area contributed by atoms with Crippen LogP contribution in [0.4, 0.5) is 10.5 Å². The number of nitrogens with one attached hydrogen (secondary N) is 1. The van der Waals surface area contributed by atoms with Gasteiger partial charge < -0.3 is 20.1 Å². The number of rotatable bonds is 9. The number of amidine groups is 1. The van der Waals surface area contributed by atoms with Gasteiger partial charge in [0, 0.05) is 18.5 Å². The van der Waals surface area contributed by atoms with Crippen LogP contribution in [-0.4, -0.2) is 42.4 Å². The Bertz CT molecular complexity index is 1210. The molecule has 3 amide bonds. The third-order valence-electron chi connectivity index (χ3n) is 5.93. The molecular formula is C27H28N4O4. The third kappa shape index (κ3) is 5.11.